The van der Waals surface area contributed by atoms with Crippen LogP contribution in [0, 0.1) is 11.3 Å². The molecule has 1 fully saturated rings. The lowest BCUT2D eigenvalue weighted by atomic mass is 10.1. The molecule has 0 spiro atoms. The first-order valence-electron chi connectivity index (χ1n) is 6.43. The summed E-state index contributed by atoms with van der Waals surface area (Å²) in [5, 5.41) is 9.13. The van der Waals surface area contributed by atoms with Crippen LogP contribution in [0.4, 0.5) is 5.69 Å². The quantitative estimate of drug-likeness (QED) is 0.869. The predicted octanol–water partition coefficient (Wildman–Crippen LogP) is 3.17. The molecule has 0 aliphatic heterocycles. The number of benzene rings is 1. The smallest absolute Gasteiger partial charge is 0.270 e. The average molecular weight is 283 g/mol. The number of amides is 1. The van der Waals surface area contributed by atoms with E-state index in [0.29, 0.717) is 22.0 Å². The molecule has 4 nitrogen and oxygen atoms in total. The molecule has 20 heavy (non-hydrogen) atoms. The van der Waals surface area contributed by atoms with E-state index < -0.39 is 0 Å². The van der Waals surface area contributed by atoms with Gasteiger partial charge in [0.15, 0.2) is 0 Å². The van der Waals surface area contributed by atoms with E-state index >= 15 is 0 Å². The second-order valence-electron chi connectivity index (χ2n) is 4.83. The zero-order valence-electron chi connectivity index (χ0n) is 11.0. The summed E-state index contributed by atoms with van der Waals surface area (Å²) in [6, 6.07) is 9.24. The fourth-order valence-electron chi connectivity index (χ4n) is 2.18. The fraction of sp³-hybridized carbons (Fsp3) is 0.267. The molecule has 1 aliphatic carbocycles. The van der Waals surface area contributed by atoms with Gasteiger partial charge in [0.2, 0.25) is 0 Å². The van der Waals surface area contributed by atoms with Gasteiger partial charge in [-0.05, 0) is 25.0 Å². The molecule has 1 heterocycles. The third kappa shape index (κ3) is 2.19. The largest absolute Gasteiger partial charge is 0.309 e. The van der Waals surface area contributed by atoms with Gasteiger partial charge in [0.05, 0.1) is 22.5 Å². The first kappa shape index (κ1) is 12.8. The Labute approximate surface area is 121 Å². The van der Waals surface area contributed by atoms with Crippen molar-refractivity contribution in [1.82, 2.24) is 4.98 Å². The molecule has 5 heteroatoms. The minimum Gasteiger partial charge on any atom is -0.309 e. The molecule has 100 valence electrons. The van der Waals surface area contributed by atoms with Crippen LogP contribution >= 0.6 is 11.3 Å². The lowest BCUT2D eigenvalue weighted by Gasteiger charge is -2.18. The maximum atomic E-state index is 12.6. The van der Waals surface area contributed by atoms with E-state index in [0.717, 1.165) is 18.5 Å². The fourth-order valence-corrected chi connectivity index (χ4v) is 3.03. The van der Waals surface area contributed by atoms with Gasteiger partial charge in [-0.25, -0.2) is 4.98 Å². The van der Waals surface area contributed by atoms with Gasteiger partial charge in [-0.2, -0.15) is 5.26 Å². The topological polar surface area (TPSA) is 57.0 Å². The maximum absolute atomic E-state index is 12.6. The van der Waals surface area contributed by atoms with Crippen LogP contribution in [-0.4, -0.2) is 17.9 Å². The first-order valence-corrected chi connectivity index (χ1v) is 7.31. The standard InChI is InChI=1S/C15H13N3OS/c1-18(12-5-3-2-4-11(12)8-16)15(19)14-13(10-6-7-10)17-9-20-14/h2-5,9-10H,6-7H2,1H3. The van der Waals surface area contributed by atoms with E-state index in [1.807, 2.05) is 6.07 Å². The third-order valence-corrected chi connectivity index (χ3v) is 4.27. The Kier molecular flexibility index (Phi) is 3.25. The Morgan fingerprint density at radius 3 is 2.90 bits per heavy atom. The van der Waals surface area contributed by atoms with E-state index in [2.05, 4.69) is 11.1 Å². The van der Waals surface area contributed by atoms with Crippen LogP contribution in [0.1, 0.15) is 39.7 Å². The molecule has 0 atom stereocenters. The Balaban J connectivity index is 1.94. The molecule has 1 aliphatic rings. The molecule has 1 saturated carbocycles. The summed E-state index contributed by atoms with van der Waals surface area (Å²) >= 11 is 1.38. The number of nitrogens with zero attached hydrogens (tertiary/aromatic N) is 3. The van der Waals surface area contributed by atoms with Gasteiger partial charge >= 0.3 is 0 Å². The molecular formula is C15H13N3OS. The number of rotatable bonds is 3. The summed E-state index contributed by atoms with van der Waals surface area (Å²) < 4.78 is 0. The van der Waals surface area contributed by atoms with Crippen LogP contribution in [0.25, 0.3) is 0 Å². The molecule has 1 aromatic heterocycles. The first-order chi connectivity index (χ1) is 9.72. The van der Waals surface area contributed by atoms with Crippen molar-refractivity contribution in [2.45, 2.75) is 18.8 Å². The summed E-state index contributed by atoms with van der Waals surface area (Å²) in [4.78, 5) is 19.2. The van der Waals surface area contributed by atoms with Crippen molar-refractivity contribution in [2.24, 2.45) is 0 Å². The van der Waals surface area contributed by atoms with Crippen molar-refractivity contribution >= 4 is 22.9 Å². The molecule has 0 saturated heterocycles. The van der Waals surface area contributed by atoms with E-state index in [1.165, 1.54) is 16.2 Å². The number of nitriles is 1. The summed E-state index contributed by atoms with van der Waals surface area (Å²) in [6.07, 6.45) is 2.23. The summed E-state index contributed by atoms with van der Waals surface area (Å²) in [5.41, 5.74) is 3.78. The molecule has 0 radical (unpaired) electrons. The Morgan fingerprint density at radius 1 is 1.45 bits per heavy atom. The summed E-state index contributed by atoms with van der Waals surface area (Å²) in [6.45, 7) is 0. The van der Waals surface area contributed by atoms with E-state index in [4.69, 9.17) is 5.26 Å². The van der Waals surface area contributed by atoms with Gasteiger partial charge in [0, 0.05) is 13.0 Å². The monoisotopic (exact) mass is 283 g/mol. The van der Waals surface area contributed by atoms with Crippen LogP contribution in [0.5, 0.6) is 0 Å². The molecule has 0 N–H and O–H groups in total. The number of carbonyl (C=O) groups excluding carboxylic acids is 1. The number of hydrogen-bond donors (Lipinski definition) is 0. The number of aromatic nitrogens is 1. The second kappa shape index (κ2) is 5.06. The highest BCUT2D eigenvalue weighted by Crippen LogP contribution is 2.42. The number of hydrogen-bond acceptors (Lipinski definition) is 4. The highest BCUT2D eigenvalue weighted by Gasteiger charge is 2.32. The van der Waals surface area contributed by atoms with Crippen LogP contribution in [0.3, 0.4) is 0 Å². The lowest BCUT2D eigenvalue weighted by molar-refractivity contribution is 0.0995. The van der Waals surface area contributed by atoms with Crippen molar-refractivity contribution in [3.63, 3.8) is 0 Å². The summed E-state index contributed by atoms with van der Waals surface area (Å²) in [7, 11) is 1.70. The Morgan fingerprint density at radius 2 is 2.20 bits per heavy atom. The molecule has 1 amide bonds. The van der Waals surface area contributed by atoms with Crippen molar-refractivity contribution in [2.75, 3.05) is 11.9 Å². The number of para-hydroxylation sites is 1. The predicted molar refractivity (Wildman–Crippen MR) is 78.0 cm³/mol. The van der Waals surface area contributed by atoms with E-state index in [-0.39, 0.29) is 5.91 Å². The molecule has 3 rings (SSSR count). The molecule has 2 aromatic rings. The summed E-state index contributed by atoms with van der Waals surface area (Å²) in [5.74, 6) is 0.358. The van der Waals surface area contributed by atoms with Gasteiger partial charge in [-0.15, -0.1) is 11.3 Å². The molecule has 0 bridgehead atoms. The van der Waals surface area contributed by atoms with Gasteiger partial charge in [0.1, 0.15) is 10.9 Å². The normalized spacial score (nSPS) is 13.8. The van der Waals surface area contributed by atoms with Gasteiger partial charge in [-0.3, -0.25) is 4.79 Å². The van der Waals surface area contributed by atoms with Crippen LogP contribution < -0.4 is 4.90 Å². The third-order valence-electron chi connectivity index (χ3n) is 3.44. The van der Waals surface area contributed by atoms with Gasteiger partial charge < -0.3 is 4.90 Å². The van der Waals surface area contributed by atoms with Crippen molar-refractivity contribution < 1.29 is 4.79 Å². The maximum Gasteiger partial charge on any atom is 0.270 e. The van der Waals surface area contributed by atoms with Gasteiger partial charge in [0.25, 0.3) is 5.91 Å². The van der Waals surface area contributed by atoms with Crippen LogP contribution in [-0.2, 0) is 0 Å². The highest BCUT2D eigenvalue weighted by atomic mass is 32.1. The zero-order chi connectivity index (χ0) is 14.1. The number of anilines is 1. The van der Waals surface area contributed by atoms with Crippen LogP contribution in [0.2, 0.25) is 0 Å². The van der Waals surface area contributed by atoms with Crippen molar-refractivity contribution in [1.29, 1.82) is 5.26 Å². The SMILES string of the molecule is CN(C(=O)c1scnc1C1CC1)c1ccccc1C#N. The lowest BCUT2D eigenvalue weighted by Crippen LogP contribution is -2.27. The average Bonchev–Trinajstić information content (AvgIpc) is 3.22. The van der Waals surface area contributed by atoms with Crippen LogP contribution in [0.15, 0.2) is 29.8 Å². The zero-order valence-corrected chi connectivity index (χ0v) is 11.9. The highest BCUT2D eigenvalue weighted by molar-refractivity contribution is 7.12. The molecule has 0 unspecified atom stereocenters. The minimum absolute atomic E-state index is 0.0860. The minimum atomic E-state index is -0.0860. The molecular weight excluding hydrogens is 270 g/mol. The Bertz CT molecular complexity index is 697. The van der Waals surface area contributed by atoms with Crippen molar-refractivity contribution in [3.05, 3.63) is 45.9 Å². The van der Waals surface area contributed by atoms with E-state index in [9.17, 15) is 4.79 Å². The van der Waals surface area contributed by atoms with E-state index in [1.54, 1.807) is 30.8 Å². The number of thiazole rings is 1. The van der Waals surface area contributed by atoms with Crippen molar-refractivity contribution in [3.8, 4) is 6.07 Å². The number of carbonyl (C=O) groups is 1. The second-order valence-corrected chi connectivity index (χ2v) is 5.69. The van der Waals surface area contributed by atoms with Gasteiger partial charge in [-0.1, -0.05) is 12.1 Å². The molecule has 1 aromatic carbocycles. The Hall–Kier alpha value is -2.19.